The predicted molar refractivity (Wildman–Crippen MR) is 75.8 cm³/mol. The maximum Gasteiger partial charge on any atom is 0.123 e. The number of aromatic nitrogens is 1. The Morgan fingerprint density at radius 1 is 1.12 bits per heavy atom. The van der Waals surface area contributed by atoms with Crippen molar-refractivity contribution in [3.8, 4) is 10.6 Å². The van der Waals surface area contributed by atoms with Gasteiger partial charge in [-0.3, -0.25) is 0 Å². The molecule has 0 aliphatic rings. The lowest BCUT2D eigenvalue weighted by atomic mass is 9.93. The van der Waals surface area contributed by atoms with Crippen molar-refractivity contribution in [3.63, 3.8) is 0 Å². The van der Waals surface area contributed by atoms with Crippen LogP contribution in [0.2, 0.25) is 0 Å². The fraction of sp³-hybridized carbons (Fsp3) is 0.357. The molecule has 0 atom stereocenters. The third-order valence-corrected chi connectivity index (χ3v) is 3.58. The Kier molecular flexibility index (Phi) is 3.20. The van der Waals surface area contributed by atoms with E-state index in [0.29, 0.717) is 0 Å². The highest BCUT2D eigenvalue weighted by molar-refractivity contribution is 7.13. The van der Waals surface area contributed by atoms with Gasteiger partial charge in [-0.05, 0) is 24.3 Å². The van der Waals surface area contributed by atoms with Gasteiger partial charge in [0.15, 0.2) is 0 Å². The van der Waals surface area contributed by atoms with Crippen molar-refractivity contribution in [2.24, 2.45) is 0 Å². The fourth-order valence-corrected chi connectivity index (χ4v) is 2.58. The molecule has 2 nitrogen and oxygen atoms in total. The highest BCUT2D eigenvalue weighted by atomic mass is 32.1. The first-order valence-electron chi connectivity index (χ1n) is 5.75. The van der Waals surface area contributed by atoms with E-state index in [1.54, 1.807) is 11.3 Å². The molecular weight excluding hydrogens is 228 g/mol. The molecule has 17 heavy (non-hydrogen) atoms. The number of nitrogens with zero attached hydrogens (tertiary/aromatic N) is 1. The minimum atomic E-state index is 0.125. The summed E-state index contributed by atoms with van der Waals surface area (Å²) < 4.78 is 0. The van der Waals surface area contributed by atoms with Crippen LogP contribution in [0.1, 0.15) is 26.5 Å². The summed E-state index contributed by atoms with van der Waals surface area (Å²) in [7, 11) is 1.93. The van der Waals surface area contributed by atoms with E-state index in [1.165, 1.54) is 5.56 Å². The zero-order valence-corrected chi connectivity index (χ0v) is 11.6. The van der Waals surface area contributed by atoms with Gasteiger partial charge in [0.1, 0.15) is 5.01 Å². The van der Waals surface area contributed by atoms with Crippen LogP contribution in [0.15, 0.2) is 29.6 Å². The van der Waals surface area contributed by atoms with Gasteiger partial charge in [0.25, 0.3) is 0 Å². The van der Waals surface area contributed by atoms with Gasteiger partial charge < -0.3 is 5.32 Å². The smallest absolute Gasteiger partial charge is 0.123 e. The maximum absolute atomic E-state index is 4.71. The normalized spacial score (nSPS) is 11.5. The van der Waals surface area contributed by atoms with E-state index < -0.39 is 0 Å². The van der Waals surface area contributed by atoms with Crippen molar-refractivity contribution in [3.05, 3.63) is 35.3 Å². The molecule has 1 aromatic carbocycles. The summed E-state index contributed by atoms with van der Waals surface area (Å²) in [5, 5.41) is 6.37. The standard InChI is InChI=1S/C14H18N2S/c1-14(2,3)12-9-17-13(16-12)10-5-7-11(15-4)8-6-10/h5-9,15H,1-4H3. The van der Waals surface area contributed by atoms with Gasteiger partial charge in [-0.15, -0.1) is 11.3 Å². The molecular formula is C14H18N2S. The molecule has 0 bridgehead atoms. The van der Waals surface area contributed by atoms with E-state index in [-0.39, 0.29) is 5.41 Å². The van der Waals surface area contributed by atoms with Gasteiger partial charge in [0, 0.05) is 29.1 Å². The van der Waals surface area contributed by atoms with Crippen LogP contribution in [0, 0.1) is 0 Å². The summed E-state index contributed by atoms with van der Waals surface area (Å²) in [6.45, 7) is 6.57. The number of nitrogens with one attached hydrogen (secondary N) is 1. The molecule has 0 radical (unpaired) electrons. The van der Waals surface area contributed by atoms with Crippen molar-refractivity contribution in [1.82, 2.24) is 4.98 Å². The molecule has 0 unspecified atom stereocenters. The van der Waals surface area contributed by atoms with E-state index in [9.17, 15) is 0 Å². The Bertz CT molecular complexity index is 492. The molecule has 1 aromatic heterocycles. The lowest BCUT2D eigenvalue weighted by Gasteiger charge is -2.14. The first-order chi connectivity index (χ1) is 8.00. The zero-order valence-electron chi connectivity index (χ0n) is 10.7. The van der Waals surface area contributed by atoms with Crippen LogP contribution in [0.3, 0.4) is 0 Å². The fourth-order valence-electron chi connectivity index (χ4n) is 1.53. The van der Waals surface area contributed by atoms with Crippen molar-refractivity contribution in [2.75, 3.05) is 12.4 Å². The molecule has 0 spiro atoms. The van der Waals surface area contributed by atoms with E-state index in [2.05, 4.69) is 55.7 Å². The van der Waals surface area contributed by atoms with E-state index in [0.717, 1.165) is 16.4 Å². The number of benzene rings is 1. The summed E-state index contributed by atoms with van der Waals surface area (Å²) in [6, 6.07) is 8.37. The Morgan fingerprint density at radius 3 is 2.24 bits per heavy atom. The average molecular weight is 246 g/mol. The molecule has 2 aromatic rings. The zero-order chi connectivity index (χ0) is 12.5. The molecule has 2 rings (SSSR count). The molecule has 3 heteroatoms. The molecule has 1 heterocycles. The van der Waals surface area contributed by atoms with Crippen LogP contribution < -0.4 is 5.32 Å². The molecule has 0 amide bonds. The van der Waals surface area contributed by atoms with Gasteiger partial charge in [-0.1, -0.05) is 20.8 Å². The number of hydrogen-bond donors (Lipinski definition) is 1. The summed E-state index contributed by atoms with van der Waals surface area (Å²) in [5.74, 6) is 0. The summed E-state index contributed by atoms with van der Waals surface area (Å²) in [4.78, 5) is 4.71. The van der Waals surface area contributed by atoms with E-state index in [1.807, 2.05) is 7.05 Å². The summed E-state index contributed by atoms with van der Waals surface area (Å²) in [5.41, 5.74) is 3.60. The van der Waals surface area contributed by atoms with Crippen LogP contribution in [-0.4, -0.2) is 12.0 Å². The van der Waals surface area contributed by atoms with Gasteiger partial charge >= 0.3 is 0 Å². The van der Waals surface area contributed by atoms with Gasteiger partial charge in [-0.25, -0.2) is 4.98 Å². The van der Waals surface area contributed by atoms with Crippen molar-refractivity contribution in [2.45, 2.75) is 26.2 Å². The monoisotopic (exact) mass is 246 g/mol. The third-order valence-electron chi connectivity index (χ3n) is 2.69. The van der Waals surface area contributed by atoms with E-state index in [4.69, 9.17) is 4.98 Å². The third kappa shape index (κ3) is 2.67. The predicted octanol–water partition coefficient (Wildman–Crippen LogP) is 4.15. The number of hydrogen-bond acceptors (Lipinski definition) is 3. The number of anilines is 1. The van der Waals surface area contributed by atoms with E-state index >= 15 is 0 Å². The minimum absolute atomic E-state index is 0.125. The van der Waals surface area contributed by atoms with Crippen molar-refractivity contribution >= 4 is 17.0 Å². The SMILES string of the molecule is CNc1ccc(-c2nc(C(C)(C)C)cs2)cc1. The average Bonchev–Trinajstić information content (AvgIpc) is 2.78. The van der Waals surface area contributed by atoms with Crippen LogP contribution in [-0.2, 0) is 5.41 Å². The maximum atomic E-state index is 4.71. The molecule has 0 aliphatic carbocycles. The molecule has 0 aliphatic heterocycles. The van der Waals surface area contributed by atoms with Crippen LogP contribution in [0.5, 0.6) is 0 Å². The van der Waals surface area contributed by atoms with Crippen LogP contribution in [0.25, 0.3) is 10.6 Å². The molecule has 0 saturated heterocycles. The first-order valence-corrected chi connectivity index (χ1v) is 6.63. The van der Waals surface area contributed by atoms with Crippen LogP contribution >= 0.6 is 11.3 Å². The van der Waals surface area contributed by atoms with Gasteiger partial charge in [0.2, 0.25) is 0 Å². The largest absolute Gasteiger partial charge is 0.388 e. The highest BCUT2D eigenvalue weighted by Crippen LogP contribution is 2.30. The minimum Gasteiger partial charge on any atom is -0.388 e. The quantitative estimate of drug-likeness (QED) is 0.861. The molecule has 1 N–H and O–H groups in total. The Balaban J connectivity index is 2.30. The second-order valence-electron chi connectivity index (χ2n) is 5.12. The lowest BCUT2D eigenvalue weighted by molar-refractivity contribution is 0.573. The second kappa shape index (κ2) is 4.49. The topological polar surface area (TPSA) is 24.9 Å². The van der Waals surface area contributed by atoms with Crippen molar-refractivity contribution in [1.29, 1.82) is 0 Å². The van der Waals surface area contributed by atoms with Gasteiger partial charge in [0.05, 0.1) is 5.69 Å². The lowest BCUT2D eigenvalue weighted by Crippen LogP contribution is -2.11. The number of thiazole rings is 1. The summed E-state index contributed by atoms with van der Waals surface area (Å²) in [6.07, 6.45) is 0. The molecule has 0 saturated carbocycles. The Labute approximate surface area is 107 Å². The first kappa shape index (κ1) is 12.1. The van der Waals surface area contributed by atoms with Crippen molar-refractivity contribution < 1.29 is 0 Å². The second-order valence-corrected chi connectivity index (χ2v) is 5.97. The number of rotatable bonds is 2. The Hall–Kier alpha value is -1.35. The van der Waals surface area contributed by atoms with Gasteiger partial charge in [-0.2, -0.15) is 0 Å². The van der Waals surface area contributed by atoms with Crippen LogP contribution in [0.4, 0.5) is 5.69 Å². The Morgan fingerprint density at radius 2 is 1.76 bits per heavy atom. The summed E-state index contributed by atoms with van der Waals surface area (Å²) >= 11 is 1.71. The molecule has 0 fully saturated rings. The highest BCUT2D eigenvalue weighted by Gasteiger charge is 2.17. The molecule has 90 valence electrons.